The fourth-order valence-corrected chi connectivity index (χ4v) is 10.3. The monoisotopic (exact) mass is 1190 g/mol. The Bertz CT molecular complexity index is 1990. The minimum Gasteiger partial charge on any atom is -0.396 e. The summed E-state index contributed by atoms with van der Waals surface area (Å²) >= 11 is 0. The molecule has 2 aliphatic heterocycles. The summed E-state index contributed by atoms with van der Waals surface area (Å²) in [5, 5.41) is 107. The van der Waals surface area contributed by atoms with Crippen LogP contribution in [0.3, 0.4) is 0 Å². The summed E-state index contributed by atoms with van der Waals surface area (Å²) in [6.07, 6.45) is -7.49. The smallest absolute Gasteiger partial charge is 0.243 e. The Kier molecular flexibility index (Phi) is 34.5. The molecule has 15 N–H and O–H groups in total. The molecule has 6 amide bonds. The van der Waals surface area contributed by atoms with Crippen molar-refractivity contribution in [2.45, 2.75) is 247 Å². The largest absolute Gasteiger partial charge is 0.396 e. The van der Waals surface area contributed by atoms with Crippen molar-refractivity contribution < 1.29 is 108 Å². The topological polar surface area (TPSA) is 437 Å². The van der Waals surface area contributed by atoms with Crippen LogP contribution in [0.15, 0.2) is 0 Å². The van der Waals surface area contributed by atoms with Gasteiger partial charge in [0.15, 0.2) is 18.4 Å². The fourth-order valence-electron chi connectivity index (χ4n) is 10.3. The van der Waals surface area contributed by atoms with E-state index in [4.69, 9.17) is 23.7 Å². The number of aliphatic hydroxyl groups is 9. The SMILES string of the molecule is CCC(=O)[C@H](CCCCNC(=O)CCCCO[C@@H]1C[C@H](CO)[C@H](O)[C@H](O)[C@H]1NC(C)=O)NC(=O)[C@H](CCCCCC(=O)CCCCO[C@@H]1O[C@H](CO)[C@H](O)[C@H](O)[C@H]1NC(C)=O)NC(=O)CCCCO[C@@H]1O[C@H](CO)[C@H](O)[C@H](O)[C@H]1NC(C)=O. The molecule has 0 aromatic rings. The summed E-state index contributed by atoms with van der Waals surface area (Å²) < 4.78 is 28.6. The zero-order valence-electron chi connectivity index (χ0n) is 48.5. The van der Waals surface area contributed by atoms with Crippen molar-refractivity contribution in [3.63, 3.8) is 0 Å². The third kappa shape index (κ3) is 25.6. The molecular formula is C55H96N6O22. The lowest BCUT2D eigenvalue weighted by Gasteiger charge is -2.42. The number of hydrogen-bond donors (Lipinski definition) is 15. The standard InChI is InChI=1S/C55H96N6O22/c1-5-38(69)36(19-9-13-23-56-42(70)21-11-15-24-79-39-27-34(28-62)47(72)50(75)44(39)57-31(2)65)61-53(78)37(60-43(71)22-12-16-26-81-55-46(59-33(4)67)52(77)49(74)41(30-64)83-55)20-8-6-7-17-35(68)18-10-14-25-80-54-45(58-32(3)66)51(76)48(73)40(29-63)82-54/h34,36-37,39-41,44-52,54-55,62-64,72-77H,5-30H2,1-4H3,(H,56,70)(H,57,65)(H,58,66)(H,59,67)(H,60,71)(H,61,78)/t34-,36+,37+,39-,40-,41-,44+,45-,46-,47+,48+,49+,50-,51-,52-,54-,55-/m1/s1. The molecule has 3 aliphatic rings. The molecule has 83 heavy (non-hydrogen) atoms. The van der Waals surface area contributed by atoms with E-state index in [2.05, 4.69) is 31.9 Å². The van der Waals surface area contributed by atoms with Gasteiger partial charge in [-0.1, -0.05) is 19.8 Å². The van der Waals surface area contributed by atoms with Crippen molar-refractivity contribution in [2.24, 2.45) is 5.92 Å². The van der Waals surface area contributed by atoms with E-state index in [1.54, 1.807) is 6.92 Å². The highest BCUT2D eigenvalue weighted by atomic mass is 16.7. The van der Waals surface area contributed by atoms with Gasteiger partial charge in [-0.2, -0.15) is 0 Å². The molecule has 3 fully saturated rings. The minimum absolute atomic E-state index is 0.00155. The predicted molar refractivity (Wildman–Crippen MR) is 293 cm³/mol. The Morgan fingerprint density at radius 1 is 0.494 bits per heavy atom. The highest BCUT2D eigenvalue weighted by Gasteiger charge is 2.47. The number of hydrogen-bond acceptors (Lipinski definition) is 22. The molecule has 478 valence electrons. The summed E-state index contributed by atoms with van der Waals surface area (Å²) in [5.74, 6) is -3.51. The van der Waals surface area contributed by atoms with Gasteiger partial charge in [-0.25, -0.2) is 0 Å². The summed E-state index contributed by atoms with van der Waals surface area (Å²) in [5.41, 5.74) is 0. The number of ketones is 2. The second-order valence-corrected chi connectivity index (χ2v) is 21.8. The Morgan fingerprint density at radius 3 is 1.46 bits per heavy atom. The van der Waals surface area contributed by atoms with Crippen LogP contribution in [-0.2, 0) is 62.0 Å². The number of rotatable bonds is 40. The molecule has 0 aromatic heterocycles. The van der Waals surface area contributed by atoms with Crippen LogP contribution in [0.5, 0.6) is 0 Å². The molecule has 28 heteroatoms. The first-order valence-electron chi connectivity index (χ1n) is 29.4. The van der Waals surface area contributed by atoms with E-state index < -0.39 is 146 Å². The Labute approximate surface area is 485 Å². The number of carbonyl (C=O) groups excluding carboxylic acids is 8. The number of nitrogens with one attached hydrogen (secondary N) is 6. The number of Topliss-reactive ketones (excluding diaryl/α,β-unsaturated/α-hetero) is 2. The van der Waals surface area contributed by atoms with Crippen molar-refractivity contribution in [3.05, 3.63) is 0 Å². The lowest BCUT2D eigenvalue weighted by Crippen LogP contribution is -2.64. The van der Waals surface area contributed by atoms with Crippen molar-refractivity contribution in [1.29, 1.82) is 0 Å². The molecule has 3 rings (SSSR count). The molecular weight excluding hydrogens is 1100 g/mol. The predicted octanol–water partition coefficient (Wildman–Crippen LogP) is -3.20. The number of carbonyl (C=O) groups is 8. The third-order valence-electron chi connectivity index (χ3n) is 15.0. The van der Waals surface area contributed by atoms with Gasteiger partial charge in [0.1, 0.15) is 66.6 Å². The van der Waals surface area contributed by atoms with Crippen LogP contribution in [-0.4, -0.2) is 237 Å². The molecule has 0 radical (unpaired) electrons. The van der Waals surface area contributed by atoms with Gasteiger partial charge in [0.25, 0.3) is 0 Å². The zero-order chi connectivity index (χ0) is 61.6. The van der Waals surface area contributed by atoms with E-state index in [0.29, 0.717) is 70.8 Å². The maximum atomic E-state index is 13.9. The van der Waals surface area contributed by atoms with Gasteiger partial charge in [-0.05, 0) is 77.0 Å². The molecule has 17 atom stereocenters. The van der Waals surface area contributed by atoms with Crippen LogP contribution in [0.4, 0.5) is 0 Å². The van der Waals surface area contributed by atoms with Crippen LogP contribution in [0, 0.1) is 5.92 Å². The second-order valence-electron chi connectivity index (χ2n) is 21.8. The molecule has 1 aliphatic carbocycles. The van der Waals surface area contributed by atoms with Gasteiger partial charge in [-0.3, -0.25) is 38.4 Å². The Balaban J connectivity index is 1.50. The van der Waals surface area contributed by atoms with E-state index in [9.17, 15) is 84.3 Å². The van der Waals surface area contributed by atoms with Gasteiger partial charge in [0.2, 0.25) is 35.4 Å². The summed E-state index contributed by atoms with van der Waals surface area (Å²) in [6, 6.07) is -5.01. The summed E-state index contributed by atoms with van der Waals surface area (Å²) in [6.45, 7) is 4.44. The molecule has 0 unspecified atom stereocenters. The fraction of sp³-hybridized carbons (Fsp3) is 0.855. The summed E-state index contributed by atoms with van der Waals surface area (Å²) in [4.78, 5) is 101. The Morgan fingerprint density at radius 2 is 0.952 bits per heavy atom. The lowest BCUT2D eigenvalue weighted by molar-refractivity contribution is -0.270. The third-order valence-corrected chi connectivity index (χ3v) is 15.0. The summed E-state index contributed by atoms with van der Waals surface area (Å²) in [7, 11) is 0. The molecule has 0 aromatic carbocycles. The molecule has 1 saturated carbocycles. The van der Waals surface area contributed by atoms with Gasteiger partial charge < -0.3 is 102 Å². The van der Waals surface area contributed by atoms with E-state index in [1.807, 2.05) is 0 Å². The highest BCUT2D eigenvalue weighted by molar-refractivity contribution is 5.92. The van der Waals surface area contributed by atoms with Crippen molar-refractivity contribution >= 4 is 47.0 Å². The lowest BCUT2D eigenvalue weighted by atomic mass is 9.79. The number of aliphatic hydroxyl groups excluding tert-OH is 9. The molecule has 0 bridgehead atoms. The zero-order valence-corrected chi connectivity index (χ0v) is 48.5. The van der Waals surface area contributed by atoms with Crippen LogP contribution in [0.25, 0.3) is 0 Å². The van der Waals surface area contributed by atoms with E-state index in [0.717, 1.165) is 0 Å². The Hall–Kier alpha value is -4.40. The van der Waals surface area contributed by atoms with Gasteiger partial charge >= 0.3 is 0 Å². The maximum Gasteiger partial charge on any atom is 0.243 e. The first-order chi connectivity index (χ1) is 39.6. The molecule has 2 heterocycles. The van der Waals surface area contributed by atoms with Crippen LogP contribution in [0.1, 0.15) is 150 Å². The average molecular weight is 1190 g/mol. The molecule has 2 saturated heterocycles. The van der Waals surface area contributed by atoms with E-state index >= 15 is 0 Å². The van der Waals surface area contributed by atoms with Crippen LogP contribution in [0.2, 0.25) is 0 Å². The van der Waals surface area contributed by atoms with Gasteiger partial charge in [0, 0.05) is 91.8 Å². The number of amides is 6. The van der Waals surface area contributed by atoms with Crippen molar-refractivity contribution in [2.75, 3.05) is 46.2 Å². The second kappa shape index (κ2) is 39.3. The van der Waals surface area contributed by atoms with Crippen molar-refractivity contribution in [1.82, 2.24) is 31.9 Å². The normalized spacial score (nSPS) is 28.7. The quantitative estimate of drug-likeness (QED) is 0.0269. The minimum atomic E-state index is -1.50. The average Bonchev–Trinajstić information content (AvgIpc) is 3.23. The van der Waals surface area contributed by atoms with E-state index in [-0.39, 0.29) is 102 Å². The first-order valence-corrected chi connectivity index (χ1v) is 29.4. The van der Waals surface area contributed by atoms with Gasteiger partial charge in [-0.15, -0.1) is 0 Å². The van der Waals surface area contributed by atoms with Gasteiger partial charge in [0.05, 0.1) is 37.5 Å². The first kappa shape index (κ1) is 72.9. The number of unbranched alkanes of at least 4 members (excludes halogenated alkanes) is 6. The molecule has 28 nitrogen and oxygen atoms in total. The van der Waals surface area contributed by atoms with Crippen LogP contribution >= 0.6 is 0 Å². The number of ether oxygens (including phenoxy) is 5. The molecule has 0 spiro atoms. The maximum absolute atomic E-state index is 13.9. The highest BCUT2D eigenvalue weighted by Crippen LogP contribution is 2.29. The van der Waals surface area contributed by atoms with E-state index in [1.165, 1.54) is 20.8 Å². The van der Waals surface area contributed by atoms with Crippen LogP contribution < -0.4 is 31.9 Å². The van der Waals surface area contributed by atoms with Crippen molar-refractivity contribution in [3.8, 4) is 0 Å².